The highest BCUT2D eigenvalue weighted by Gasteiger charge is 2.25. The number of allylic oxidation sites excluding steroid dienone is 2. The molecule has 1 aromatic carbocycles. The SMILES string of the molecule is CCCCCC1CCC(COc2ccc(C3C=CC(CC)CC3)c(F)c2F)CC1. The number of hydrogen-bond donors (Lipinski definition) is 0. The molecule has 1 fully saturated rings. The number of unbranched alkanes of at least 4 members (excludes halogenated alkanes) is 2. The van der Waals surface area contributed by atoms with Crippen LogP contribution in [-0.2, 0) is 0 Å². The fourth-order valence-electron chi connectivity index (χ4n) is 5.00. The molecule has 3 heteroatoms. The van der Waals surface area contributed by atoms with E-state index in [1.54, 1.807) is 12.1 Å². The fraction of sp³-hybridized carbons (Fsp3) is 0.692. The van der Waals surface area contributed by atoms with Gasteiger partial charge in [-0.15, -0.1) is 0 Å². The van der Waals surface area contributed by atoms with E-state index in [-0.39, 0.29) is 11.7 Å². The summed E-state index contributed by atoms with van der Waals surface area (Å²) in [5.74, 6) is 0.387. The summed E-state index contributed by atoms with van der Waals surface area (Å²) in [4.78, 5) is 0. The lowest BCUT2D eigenvalue weighted by atomic mass is 9.80. The summed E-state index contributed by atoms with van der Waals surface area (Å²) in [5, 5.41) is 0. The third kappa shape index (κ3) is 6.06. The van der Waals surface area contributed by atoms with Crippen LogP contribution in [0.3, 0.4) is 0 Å². The standard InChI is InChI=1S/C26H38F2O/c1-3-5-6-7-20-8-10-21(11-9-20)18-29-24-17-16-23(25(27)26(24)28)22-14-12-19(4-2)13-15-22/h12,14,16-17,19-22H,3-11,13,15,18H2,1-2H3. The molecule has 0 spiro atoms. The average Bonchev–Trinajstić information content (AvgIpc) is 2.76. The van der Waals surface area contributed by atoms with Gasteiger partial charge in [0.05, 0.1) is 6.61 Å². The lowest BCUT2D eigenvalue weighted by Gasteiger charge is -2.28. The highest BCUT2D eigenvalue weighted by atomic mass is 19.2. The van der Waals surface area contributed by atoms with Crippen LogP contribution in [0.2, 0.25) is 0 Å². The molecule has 1 saturated carbocycles. The second-order valence-electron chi connectivity index (χ2n) is 9.21. The molecule has 162 valence electrons. The molecule has 0 aromatic heterocycles. The summed E-state index contributed by atoms with van der Waals surface area (Å²) in [6.45, 7) is 4.91. The first-order chi connectivity index (χ1) is 14.1. The Balaban J connectivity index is 1.50. The van der Waals surface area contributed by atoms with E-state index in [4.69, 9.17) is 4.74 Å². The van der Waals surface area contributed by atoms with E-state index < -0.39 is 11.6 Å². The van der Waals surface area contributed by atoms with Gasteiger partial charge in [-0.05, 0) is 61.5 Å². The monoisotopic (exact) mass is 404 g/mol. The van der Waals surface area contributed by atoms with E-state index in [1.807, 2.05) is 0 Å². The van der Waals surface area contributed by atoms with E-state index >= 15 is 0 Å². The first-order valence-electron chi connectivity index (χ1n) is 11.9. The summed E-state index contributed by atoms with van der Waals surface area (Å²) in [5.41, 5.74) is 0.466. The summed E-state index contributed by atoms with van der Waals surface area (Å²) >= 11 is 0. The summed E-state index contributed by atoms with van der Waals surface area (Å²) in [7, 11) is 0. The molecule has 0 N–H and O–H groups in total. The van der Waals surface area contributed by atoms with Crippen LogP contribution in [0.4, 0.5) is 8.78 Å². The van der Waals surface area contributed by atoms with Gasteiger partial charge in [-0.2, -0.15) is 4.39 Å². The molecule has 0 radical (unpaired) electrons. The maximum absolute atomic E-state index is 14.7. The first-order valence-corrected chi connectivity index (χ1v) is 11.9. The first kappa shape index (κ1) is 22.3. The van der Waals surface area contributed by atoms with Gasteiger partial charge in [0, 0.05) is 5.92 Å². The molecule has 0 heterocycles. The minimum Gasteiger partial charge on any atom is -0.490 e. The third-order valence-corrected chi connectivity index (χ3v) is 7.12. The van der Waals surface area contributed by atoms with Crippen LogP contribution in [0, 0.1) is 29.4 Å². The van der Waals surface area contributed by atoms with Crippen molar-refractivity contribution >= 4 is 0 Å². The molecule has 0 aliphatic heterocycles. The van der Waals surface area contributed by atoms with Crippen LogP contribution in [0.1, 0.15) is 96.0 Å². The molecule has 2 atom stereocenters. The maximum Gasteiger partial charge on any atom is 0.200 e. The molecular formula is C26H38F2O. The minimum absolute atomic E-state index is 0.0238. The van der Waals surface area contributed by atoms with Gasteiger partial charge in [0.1, 0.15) is 0 Å². The largest absolute Gasteiger partial charge is 0.490 e. The lowest BCUT2D eigenvalue weighted by molar-refractivity contribution is 0.172. The molecule has 2 aliphatic rings. The van der Waals surface area contributed by atoms with Gasteiger partial charge >= 0.3 is 0 Å². The molecule has 1 nitrogen and oxygen atoms in total. The number of ether oxygens (including phenoxy) is 1. The van der Waals surface area contributed by atoms with E-state index in [0.29, 0.717) is 24.0 Å². The zero-order valence-corrected chi connectivity index (χ0v) is 18.3. The van der Waals surface area contributed by atoms with Crippen LogP contribution in [0.15, 0.2) is 24.3 Å². The predicted molar refractivity (Wildman–Crippen MR) is 116 cm³/mol. The molecular weight excluding hydrogens is 366 g/mol. The lowest BCUT2D eigenvalue weighted by Crippen LogP contribution is -2.20. The second kappa shape index (κ2) is 11.1. The number of hydrogen-bond acceptors (Lipinski definition) is 1. The van der Waals surface area contributed by atoms with E-state index in [9.17, 15) is 8.78 Å². The van der Waals surface area contributed by atoms with Crippen LogP contribution in [0.5, 0.6) is 5.75 Å². The van der Waals surface area contributed by atoms with E-state index in [2.05, 4.69) is 26.0 Å². The Kier molecular flexibility index (Phi) is 8.56. The number of halogens is 2. The second-order valence-corrected chi connectivity index (χ2v) is 9.21. The van der Waals surface area contributed by atoms with Gasteiger partial charge in [0.15, 0.2) is 11.6 Å². The molecule has 0 bridgehead atoms. The quantitative estimate of drug-likeness (QED) is 0.298. The maximum atomic E-state index is 14.7. The summed E-state index contributed by atoms with van der Waals surface area (Å²) in [6.07, 6.45) is 17.3. The average molecular weight is 405 g/mol. The zero-order valence-electron chi connectivity index (χ0n) is 18.3. The van der Waals surface area contributed by atoms with Crippen molar-refractivity contribution in [2.24, 2.45) is 17.8 Å². The van der Waals surface area contributed by atoms with Gasteiger partial charge in [-0.25, -0.2) is 4.39 Å². The van der Waals surface area contributed by atoms with Crippen LogP contribution < -0.4 is 4.74 Å². The van der Waals surface area contributed by atoms with Crippen molar-refractivity contribution in [3.63, 3.8) is 0 Å². The van der Waals surface area contributed by atoms with Gasteiger partial charge in [-0.3, -0.25) is 0 Å². The Bertz CT molecular complexity index is 661. The molecule has 0 saturated heterocycles. The zero-order chi connectivity index (χ0) is 20.6. The highest BCUT2D eigenvalue weighted by molar-refractivity contribution is 5.35. The van der Waals surface area contributed by atoms with Gasteiger partial charge < -0.3 is 4.74 Å². The van der Waals surface area contributed by atoms with Gasteiger partial charge in [0.2, 0.25) is 5.82 Å². The summed E-state index contributed by atoms with van der Waals surface area (Å²) < 4.78 is 35.1. The minimum atomic E-state index is -0.818. The van der Waals surface area contributed by atoms with Crippen LogP contribution in [0.25, 0.3) is 0 Å². The van der Waals surface area contributed by atoms with E-state index in [1.165, 1.54) is 38.5 Å². The Morgan fingerprint density at radius 1 is 0.862 bits per heavy atom. The van der Waals surface area contributed by atoms with Crippen molar-refractivity contribution < 1.29 is 13.5 Å². The Morgan fingerprint density at radius 2 is 1.62 bits per heavy atom. The van der Waals surface area contributed by atoms with Crippen LogP contribution >= 0.6 is 0 Å². The molecule has 1 aromatic rings. The van der Waals surface area contributed by atoms with Crippen molar-refractivity contribution in [2.75, 3.05) is 6.61 Å². The van der Waals surface area contributed by atoms with Crippen molar-refractivity contribution in [3.8, 4) is 5.75 Å². The number of benzene rings is 1. The molecule has 3 rings (SSSR count). The number of rotatable bonds is 9. The smallest absolute Gasteiger partial charge is 0.200 e. The Labute approximate surface area is 175 Å². The fourth-order valence-corrected chi connectivity index (χ4v) is 5.00. The van der Waals surface area contributed by atoms with Crippen molar-refractivity contribution in [2.45, 2.75) is 90.4 Å². The van der Waals surface area contributed by atoms with Gasteiger partial charge in [-0.1, -0.05) is 70.6 Å². The topological polar surface area (TPSA) is 9.23 Å². The van der Waals surface area contributed by atoms with Crippen LogP contribution in [-0.4, -0.2) is 6.61 Å². The Hall–Kier alpha value is -1.38. The summed E-state index contributed by atoms with van der Waals surface area (Å²) in [6, 6.07) is 3.35. The molecule has 0 amide bonds. The molecule has 2 unspecified atom stereocenters. The van der Waals surface area contributed by atoms with Gasteiger partial charge in [0.25, 0.3) is 0 Å². The highest BCUT2D eigenvalue weighted by Crippen LogP contribution is 2.36. The van der Waals surface area contributed by atoms with Crippen molar-refractivity contribution in [1.29, 1.82) is 0 Å². The molecule has 2 aliphatic carbocycles. The normalized spacial score (nSPS) is 27.2. The van der Waals surface area contributed by atoms with Crippen molar-refractivity contribution in [3.05, 3.63) is 41.5 Å². The Morgan fingerprint density at radius 3 is 2.28 bits per heavy atom. The third-order valence-electron chi connectivity index (χ3n) is 7.12. The predicted octanol–water partition coefficient (Wildman–Crippen LogP) is 8.19. The molecule has 29 heavy (non-hydrogen) atoms. The van der Waals surface area contributed by atoms with Crippen molar-refractivity contribution in [1.82, 2.24) is 0 Å². The van der Waals surface area contributed by atoms with E-state index in [0.717, 1.165) is 38.0 Å².